The van der Waals surface area contributed by atoms with Crippen LogP contribution in [0.25, 0.3) is 0 Å². The van der Waals surface area contributed by atoms with E-state index in [1.807, 2.05) is 0 Å². The third kappa shape index (κ3) is 7.06. The normalized spacial score (nSPS) is 12.8. The van der Waals surface area contributed by atoms with Crippen LogP contribution in [0.15, 0.2) is 24.3 Å². The van der Waals surface area contributed by atoms with Crippen LogP contribution in [0.2, 0.25) is 0 Å². The van der Waals surface area contributed by atoms with Gasteiger partial charge in [-0.1, -0.05) is 43.7 Å². The van der Waals surface area contributed by atoms with Gasteiger partial charge in [-0.25, -0.2) is 0 Å². The predicted molar refractivity (Wildman–Crippen MR) is 89.4 cm³/mol. The van der Waals surface area contributed by atoms with Crippen LogP contribution >= 0.6 is 0 Å². The van der Waals surface area contributed by atoms with Crippen molar-refractivity contribution < 1.29 is 0 Å². The summed E-state index contributed by atoms with van der Waals surface area (Å²) < 4.78 is 0. The highest BCUT2D eigenvalue weighted by Gasteiger charge is 2.04. The summed E-state index contributed by atoms with van der Waals surface area (Å²) >= 11 is 0. The fourth-order valence-corrected chi connectivity index (χ4v) is 2.57. The molecule has 0 radical (unpaired) electrons. The van der Waals surface area contributed by atoms with Gasteiger partial charge in [0.1, 0.15) is 0 Å². The smallest absolute Gasteiger partial charge is 0.0107 e. The molecule has 0 fully saturated rings. The van der Waals surface area contributed by atoms with Crippen LogP contribution in [0.5, 0.6) is 0 Å². The van der Waals surface area contributed by atoms with E-state index in [0.29, 0.717) is 6.04 Å². The summed E-state index contributed by atoms with van der Waals surface area (Å²) in [5.74, 6) is 0. The molecule has 0 aliphatic carbocycles. The molecule has 0 aliphatic heterocycles. The Morgan fingerprint density at radius 2 is 2.00 bits per heavy atom. The number of rotatable bonds is 10. The van der Waals surface area contributed by atoms with Gasteiger partial charge in [0, 0.05) is 19.1 Å². The van der Waals surface area contributed by atoms with Gasteiger partial charge in [-0.3, -0.25) is 0 Å². The molecule has 2 nitrogen and oxygen atoms in total. The quantitative estimate of drug-likeness (QED) is 0.702. The van der Waals surface area contributed by atoms with Crippen molar-refractivity contribution >= 4 is 0 Å². The molecule has 1 rings (SSSR count). The molecule has 0 saturated carbocycles. The van der Waals surface area contributed by atoms with Crippen LogP contribution in [-0.4, -0.2) is 37.1 Å². The lowest BCUT2D eigenvalue weighted by molar-refractivity contribution is 0.282. The lowest BCUT2D eigenvalue weighted by Gasteiger charge is -2.21. The lowest BCUT2D eigenvalue weighted by Crippen LogP contribution is -2.36. The Morgan fingerprint density at radius 3 is 2.65 bits per heavy atom. The van der Waals surface area contributed by atoms with Gasteiger partial charge in [0.15, 0.2) is 0 Å². The van der Waals surface area contributed by atoms with E-state index in [0.717, 1.165) is 13.1 Å². The van der Waals surface area contributed by atoms with Gasteiger partial charge in [-0.2, -0.15) is 0 Å². The minimum atomic E-state index is 0.593. The number of hydrogen-bond acceptors (Lipinski definition) is 2. The van der Waals surface area contributed by atoms with E-state index >= 15 is 0 Å². The molecule has 1 aromatic rings. The highest BCUT2D eigenvalue weighted by Crippen LogP contribution is 2.08. The summed E-state index contributed by atoms with van der Waals surface area (Å²) in [6.07, 6.45) is 3.63. The van der Waals surface area contributed by atoms with Crippen LogP contribution in [0, 0.1) is 6.92 Å². The molecule has 0 heterocycles. The minimum absolute atomic E-state index is 0.593. The Balaban J connectivity index is 2.18. The van der Waals surface area contributed by atoms with E-state index in [4.69, 9.17) is 0 Å². The van der Waals surface area contributed by atoms with Gasteiger partial charge >= 0.3 is 0 Å². The molecule has 0 spiro atoms. The number of nitrogens with one attached hydrogen (secondary N) is 1. The molecule has 0 saturated heterocycles. The first kappa shape index (κ1) is 17.2. The monoisotopic (exact) mass is 276 g/mol. The van der Waals surface area contributed by atoms with Gasteiger partial charge in [0.25, 0.3) is 0 Å². The zero-order chi connectivity index (χ0) is 14.8. The number of nitrogens with zero attached hydrogens (tertiary/aromatic N) is 1. The Hall–Kier alpha value is -0.860. The molecule has 0 amide bonds. The van der Waals surface area contributed by atoms with E-state index < -0.39 is 0 Å². The fourth-order valence-electron chi connectivity index (χ4n) is 2.57. The van der Waals surface area contributed by atoms with Gasteiger partial charge in [-0.15, -0.1) is 0 Å². The van der Waals surface area contributed by atoms with Crippen molar-refractivity contribution in [3.63, 3.8) is 0 Å². The number of aryl methyl sites for hydroxylation is 2. The third-order valence-electron chi connectivity index (χ3n) is 3.86. The molecule has 2 heteroatoms. The van der Waals surface area contributed by atoms with E-state index in [9.17, 15) is 0 Å². The molecular weight excluding hydrogens is 244 g/mol. The van der Waals surface area contributed by atoms with Gasteiger partial charge in [-0.05, 0) is 51.8 Å². The van der Waals surface area contributed by atoms with Crippen molar-refractivity contribution in [2.75, 3.05) is 26.2 Å². The highest BCUT2D eigenvalue weighted by molar-refractivity contribution is 5.22. The molecule has 0 aliphatic rings. The summed E-state index contributed by atoms with van der Waals surface area (Å²) in [7, 11) is 0. The van der Waals surface area contributed by atoms with E-state index in [2.05, 4.69) is 62.2 Å². The van der Waals surface area contributed by atoms with E-state index in [1.165, 1.54) is 43.5 Å². The molecule has 1 aromatic carbocycles. The van der Waals surface area contributed by atoms with Crippen LogP contribution in [0.4, 0.5) is 0 Å². The molecule has 1 unspecified atom stereocenters. The summed E-state index contributed by atoms with van der Waals surface area (Å²) in [4.78, 5) is 2.51. The summed E-state index contributed by atoms with van der Waals surface area (Å²) in [5.41, 5.74) is 2.82. The maximum absolute atomic E-state index is 3.65. The van der Waals surface area contributed by atoms with E-state index in [1.54, 1.807) is 0 Å². The molecule has 114 valence electrons. The number of likely N-dealkylation sites (N-methyl/N-ethyl adjacent to an activating group) is 1. The summed E-state index contributed by atoms with van der Waals surface area (Å²) in [6, 6.07) is 9.45. The van der Waals surface area contributed by atoms with E-state index in [-0.39, 0.29) is 0 Å². The zero-order valence-corrected chi connectivity index (χ0v) is 13.8. The second-order valence-corrected chi connectivity index (χ2v) is 5.82. The van der Waals surface area contributed by atoms with Crippen molar-refractivity contribution in [3.05, 3.63) is 35.4 Å². The first-order chi connectivity index (χ1) is 9.65. The second-order valence-electron chi connectivity index (χ2n) is 5.82. The van der Waals surface area contributed by atoms with Crippen molar-refractivity contribution in [3.8, 4) is 0 Å². The standard InChI is InChI=1S/C18H32N2/c1-5-13-20(6-2)14-12-19-17(4)10-11-18-9-7-8-16(3)15-18/h7-9,15,17,19H,5-6,10-14H2,1-4H3. The van der Waals surface area contributed by atoms with Crippen LogP contribution < -0.4 is 5.32 Å². The Kier molecular flexibility index (Phi) is 8.56. The Morgan fingerprint density at radius 1 is 1.20 bits per heavy atom. The zero-order valence-electron chi connectivity index (χ0n) is 13.8. The van der Waals surface area contributed by atoms with Gasteiger partial charge in [0.2, 0.25) is 0 Å². The van der Waals surface area contributed by atoms with Crippen molar-refractivity contribution in [1.29, 1.82) is 0 Å². The SMILES string of the molecule is CCCN(CC)CCNC(C)CCc1cccc(C)c1. The molecular formula is C18H32N2. The lowest BCUT2D eigenvalue weighted by atomic mass is 10.0. The van der Waals surface area contributed by atoms with Gasteiger partial charge < -0.3 is 10.2 Å². The number of benzene rings is 1. The number of hydrogen-bond donors (Lipinski definition) is 1. The maximum atomic E-state index is 3.65. The minimum Gasteiger partial charge on any atom is -0.313 e. The van der Waals surface area contributed by atoms with Crippen LogP contribution in [0.1, 0.15) is 44.7 Å². The van der Waals surface area contributed by atoms with Crippen LogP contribution in [0.3, 0.4) is 0 Å². The Labute approximate surface area is 125 Å². The second kappa shape index (κ2) is 9.95. The van der Waals surface area contributed by atoms with Crippen molar-refractivity contribution in [2.24, 2.45) is 0 Å². The van der Waals surface area contributed by atoms with Crippen LogP contribution in [-0.2, 0) is 6.42 Å². The molecule has 1 N–H and O–H groups in total. The predicted octanol–water partition coefficient (Wildman–Crippen LogP) is 3.64. The molecule has 20 heavy (non-hydrogen) atoms. The Bertz CT molecular complexity index is 362. The highest BCUT2D eigenvalue weighted by atomic mass is 15.1. The average molecular weight is 276 g/mol. The summed E-state index contributed by atoms with van der Waals surface area (Å²) in [5, 5.41) is 3.65. The summed E-state index contributed by atoms with van der Waals surface area (Å²) in [6.45, 7) is 13.6. The van der Waals surface area contributed by atoms with Crippen molar-refractivity contribution in [2.45, 2.75) is 53.0 Å². The molecule has 0 bridgehead atoms. The largest absolute Gasteiger partial charge is 0.313 e. The topological polar surface area (TPSA) is 15.3 Å². The fraction of sp³-hybridized carbons (Fsp3) is 0.667. The first-order valence-electron chi connectivity index (χ1n) is 8.17. The van der Waals surface area contributed by atoms with Gasteiger partial charge in [0.05, 0.1) is 0 Å². The molecule has 0 aromatic heterocycles. The molecule has 1 atom stereocenters. The maximum Gasteiger partial charge on any atom is 0.0107 e. The third-order valence-corrected chi connectivity index (χ3v) is 3.86. The average Bonchev–Trinajstić information content (AvgIpc) is 2.44. The van der Waals surface area contributed by atoms with Crippen molar-refractivity contribution in [1.82, 2.24) is 10.2 Å². The first-order valence-corrected chi connectivity index (χ1v) is 8.17.